The van der Waals surface area contributed by atoms with Gasteiger partial charge >= 0.3 is 0 Å². The Morgan fingerprint density at radius 1 is 0.765 bits per heavy atom. The van der Waals surface area contributed by atoms with Gasteiger partial charge in [0.05, 0.1) is 61.0 Å². The fraction of sp³-hybridized carbons (Fsp3) is 0.875. The maximum absolute atomic E-state index is 14.0. The molecule has 11 heteroatoms. The summed E-state index contributed by atoms with van der Waals surface area (Å²) in [7, 11) is 0. The molecule has 12 bridgehead atoms. The number of ether oxygens (including phenoxy) is 8. The third-order valence-corrected chi connectivity index (χ3v) is 14.2. The first-order valence-electron chi connectivity index (χ1n) is 20.1. The van der Waals surface area contributed by atoms with Gasteiger partial charge in [-0.2, -0.15) is 0 Å². The summed E-state index contributed by atoms with van der Waals surface area (Å²) in [6.45, 7) is 13.5. The Labute approximate surface area is 302 Å². The summed E-state index contributed by atoms with van der Waals surface area (Å²) in [6.07, 6.45) is 6.43. The highest BCUT2D eigenvalue weighted by Crippen LogP contribution is 2.54. The number of aliphatic hydroxyl groups excluding tert-OH is 1. The van der Waals surface area contributed by atoms with E-state index in [-0.39, 0.29) is 110 Å². The van der Waals surface area contributed by atoms with E-state index in [0.717, 1.165) is 56.1 Å². The van der Waals surface area contributed by atoms with E-state index < -0.39 is 11.9 Å². The molecule has 3 N–H and O–H groups in total. The molecule has 10 heterocycles. The van der Waals surface area contributed by atoms with Crippen molar-refractivity contribution in [3.63, 3.8) is 0 Å². The summed E-state index contributed by atoms with van der Waals surface area (Å²) in [5.41, 5.74) is 8.06. The van der Waals surface area contributed by atoms with Crippen LogP contribution in [-0.2, 0) is 42.7 Å². The molecule has 10 aliphatic heterocycles. The minimum Gasteiger partial charge on any atom is -0.392 e. The number of aliphatic hydroxyl groups is 1. The van der Waals surface area contributed by atoms with Gasteiger partial charge in [0.1, 0.15) is 36.3 Å². The van der Waals surface area contributed by atoms with E-state index in [1.165, 1.54) is 0 Å². The second-order valence-electron chi connectivity index (χ2n) is 17.6. The van der Waals surface area contributed by atoms with Crippen LogP contribution < -0.4 is 5.73 Å². The molecule has 5 unspecified atom stereocenters. The first-order valence-corrected chi connectivity index (χ1v) is 20.1. The highest BCUT2D eigenvalue weighted by Gasteiger charge is 2.68. The van der Waals surface area contributed by atoms with Gasteiger partial charge in [-0.15, -0.1) is 0 Å². The minimum atomic E-state index is -0.765. The molecule has 0 amide bonds. The van der Waals surface area contributed by atoms with Gasteiger partial charge in [-0.05, 0) is 73.8 Å². The van der Waals surface area contributed by atoms with Crippen LogP contribution >= 0.6 is 0 Å². The molecular formula is C40H59NO10. The molecule has 0 radical (unpaired) electrons. The SMILES string of the molecule is C=C1C[C@@H]2CCC34C[C@H]5OC6[C@@H](O[C@H]7CC[C@H](CC(=O)CC8[C@H](CC9O[C@@H](CCC1O2)C[C@@H](C)C9=C)O[C@H](C[C@H](O)CN)[C@@H]8C)O[C@@H]7[C@@H]6O3)[C@H]5O4. The molecule has 10 aliphatic rings. The number of rotatable bonds is 3. The summed E-state index contributed by atoms with van der Waals surface area (Å²) < 4.78 is 54.0. The summed E-state index contributed by atoms with van der Waals surface area (Å²) in [6, 6.07) is 0. The van der Waals surface area contributed by atoms with Crippen molar-refractivity contribution in [2.45, 2.75) is 195 Å². The van der Waals surface area contributed by atoms with Crippen LogP contribution in [0.3, 0.4) is 0 Å². The topological polar surface area (TPSA) is 137 Å². The number of Topliss-reactive ketones (excluding diaryl/α,β-unsaturated/α-hetero) is 1. The Morgan fingerprint density at radius 2 is 1.51 bits per heavy atom. The molecule has 10 fully saturated rings. The lowest BCUT2D eigenvalue weighted by Crippen LogP contribution is -2.61. The smallest absolute Gasteiger partial charge is 0.172 e. The van der Waals surface area contributed by atoms with Crippen molar-refractivity contribution in [2.75, 3.05) is 6.54 Å². The van der Waals surface area contributed by atoms with Crippen molar-refractivity contribution in [3.05, 3.63) is 24.3 Å². The molecule has 0 saturated carbocycles. The lowest BCUT2D eigenvalue weighted by molar-refractivity contribution is -0.292. The van der Waals surface area contributed by atoms with Crippen LogP contribution in [-0.4, -0.2) is 115 Å². The Morgan fingerprint density at radius 3 is 2.35 bits per heavy atom. The van der Waals surface area contributed by atoms with Crippen molar-refractivity contribution in [3.8, 4) is 0 Å². The molecule has 11 nitrogen and oxygen atoms in total. The molecule has 1 spiro atoms. The largest absolute Gasteiger partial charge is 0.392 e. The van der Waals surface area contributed by atoms with Crippen molar-refractivity contribution >= 4 is 5.78 Å². The van der Waals surface area contributed by atoms with Crippen LogP contribution in [0.25, 0.3) is 0 Å². The highest BCUT2D eigenvalue weighted by atomic mass is 16.8. The zero-order valence-corrected chi connectivity index (χ0v) is 30.4. The maximum Gasteiger partial charge on any atom is 0.172 e. The molecule has 0 aliphatic carbocycles. The predicted octanol–water partition coefficient (Wildman–Crippen LogP) is 4.06. The Balaban J connectivity index is 0.986. The average molecular weight is 714 g/mol. The predicted molar refractivity (Wildman–Crippen MR) is 185 cm³/mol. The molecule has 10 rings (SSSR count). The maximum atomic E-state index is 14.0. The van der Waals surface area contributed by atoms with Crippen LogP contribution in [0.5, 0.6) is 0 Å². The summed E-state index contributed by atoms with van der Waals surface area (Å²) in [4.78, 5) is 14.0. The third kappa shape index (κ3) is 6.53. The van der Waals surface area contributed by atoms with Crippen LogP contribution in [0.2, 0.25) is 0 Å². The number of carbonyl (C=O) groups excluding carboxylic acids is 1. The van der Waals surface area contributed by atoms with Crippen LogP contribution in [0.15, 0.2) is 24.3 Å². The van der Waals surface area contributed by atoms with Crippen molar-refractivity contribution in [1.29, 1.82) is 0 Å². The monoisotopic (exact) mass is 713 g/mol. The highest BCUT2D eigenvalue weighted by molar-refractivity contribution is 5.79. The number of carbonyl (C=O) groups is 1. The standard InChI is InChI=1S/C40H59NO10/c1-19-11-25-5-7-29-20(2)12-27(44-29)9-10-40-17-34-36(50-40)37-38(49-34)39(51-40)35-30(48-37)8-6-26(46-35)13-23(42)14-28-22(4)31(15-24(43)18-41)47-33(28)16-32(45-25)21(19)3/h19,22,24-39,43H,2-3,5-18,41H2,1,4H3/t19-,22-,24+,25+,26-,27+,28?,29?,30+,31-,32?,33+,34-,35+,36+,37+,38?,39+,40?/m1/s1. The number of ketones is 1. The molecule has 0 aromatic carbocycles. The van der Waals surface area contributed by atoms with Crippen LogP contribution in [0, 0.1) is 17.8 Å². The summed E-state index contributed by atoms with van der Waals surface area (Å²) in [5, 5.41) is 10.5. The fourth-order valence-electron chi connectivity index (χ4n) is 11.3. The van der Waals surface area contributed by atoms with Gasteiger partial charge < -0.3 is 48.7 Å². The quantitative estimate of drug-likeness (QED) is 0.410. The van der Waals surface area contributed by atoms with Gasteiger partial charge in [0.2, 0.25) is 0 Å². The van der Waals surface area contributed by atoms with Crippen LogP contribution in [0.1, 0.15) is 97.3 Å². The second kappa shape index (κ2) is 13.8. The molecule has 284 valence electrons. The number of fused-ring (bicyclic) bond motifs is 6. The first kappa shape index (κ1) is 35.5. The molecule has 10 saturated heterocycles. The third-order valence-electron chi connectivity index (χ3n) is 14.2. The summed E-state index contributed by atoms with van der Waals surface area (Å²) >= 11 is 0. The van der Waals surface area contributed by atoms with E-state index in [4.69, 9.17) is 43.6 Å². The zero-order valence-electron chi connectivity index (χ0n) is 30.4. The Bertz CT molecular complexity index is 1360. The van der Waals surface area contributed by atoms with Gasteiger partial charge in [0, 0.05) is 45.1 Å². The fourth-order valence-corrected chi connectivity index (χ4v) is 11.3. The van der Waals surface area contributed by atoms with E-state index in [0.29, 0.717) is 44.4 Å². The van der Waals surface area contributed by atoms with Crippen molar-refractivity contribution < 1.29 is 47.8 Å². The average Bonchev–Trinajstić information content (AvgIpc) is 3.77. The van der Waals surface area contributed by atoms with Gasteiger partial charge in [0.15, 0.2) is 5.79 Å². The van der Waals surface area contributed by atoms with E-state index >= 15 is 0 Å². The number of hydrogen-bond acceptors (Lipinski definition) is 11. The lowest BCUT2D eigenvalue weighted by atomic mass is 9.78. The Kier molecular flexibility index (Phi) is 9.59. The van der Waals surface area contributed by atoms with Gasteiger partial charge in [-0.1, -0.05) is 27.0 Å². The second-order valence-corrected chi connectivity index (χ2v) is 17.6. The molecule has 0 aromatic heterocycles. The lowest BCUT2D eigenvalue weighted by Gasteiger charge is -2.47. The van der Waals surface area contributed by atoms with Crippen molar-refractivity contribution in [2.24, 2.45) is 23.5 Å². The molecule has 19 atom stereocenters. The van der Waals surface area contributed by atoms with Crippen molar-refractivity contribution in [1.82, 2.24) is 0 Å². The molecule has 0 aromatic rings. The van der Waals surface area contributed by atoms with Gasteiger partial charge in [-0.3, -0.25) is 4.79 Å². The molecule has 51 heavy (non-hydrogen) atoms. The van der Waals surface area contributed by atoms with E-state index in [9.17, 15) is 9.90 Å². The van der Waals surface area contributed by atoms with E-state index in [2.05, 4.69) is 27.0 Å². The van der Waals surface area contributed by atoms with Gasteiger partial charge in [-0.25, -0.2) is 0 Å². The minimum absolute atomic E-state index is 0.00127. The normalized spacial score (nSPS) is 53.2. The number of nitrogens with two attached hydrogens (primary N) is 1. The molecular weight excluding hydrogens is 654 g/mol. The van der Waals surface area contributed by atoms with Gasteiger partial charge in [0.25, 0.3) is 0 Å². The van der Waals surface area contributed by atoms with Crippen LogP contribution in [0.4, 0.5) is 0 Å². The van der Waals surface area contributed by atoms with E-state index in [1.54, 1.807) is 0 Å². The Hall–Kier alpha value is -1.25. The zero-order chi connectivity index (χ0) is 35.2. The summed E-state index contributed by atoms with van der Waals surface area (Å²) in [5.74, 6) is -0.222. The first-order chi connectivity index (χ1) is 24.6. The number of hydrogen-bond donors (Lipinski definition) is 2. The van der Waals surface area contributed by atoms with E-state index in [1.807, 2.05) is 0 Å².